The number of hydrogen-bond donors (Lipinski definition) is 2. The zero-order valence-corrected chi connectivity index (χ0v) is 19.6. The molecule has 182 valence electrons. The lowest BCUT2D eigenvalue weighted by molar-refractivity contribution is 0.140. The number of aliphatic hydroxyl groups is 1. The van der Waals surface area contributed by atoms with Crippen molar-refractivity contribution in [2.75, 3.05) is 46.5 Å². The average molecular weight is 477 g/mol. The number of aromatic nitrogens is 3. The third kappa shape index (κ3) is 5.12. The second-order valence-electron chi connectivity index (χ2n) is 8.77. The second-order valence-corrected chi connectivity index (χ2v) is 8.77. The molecular weight excluding hydrogens is 448 g/mol. The highest BCUT2D eigenvalue weighted by molar-refractivity contribution is 5.80. The SMILES string of the molecule is COc1ccc2ncc(C#N)c(CCN3CC(O)C(CNCc4cc5c(cn4)OCCO5)C3)c2n1. The lowest BCUT2D eigenvalue weighted by Gasteiger charge is -2.19. The summed E-state index contributed by atoms with van der Waals surface area (Å²) in [6.07, 6.45) is 3.51. The van der Waals surface area contributed by atoms with Crippen molar-refractivity contribution in [2.45, 2.75) is 19.1 Å². The van der Waals surface area contributed by atoms with E-state index in [1.807, 2.05) is 12.1 Å². The number of pyridine rings is 3. The molecule has 3 aromatic rings. The molecule has 5 rings (SSSR count). The van der Waals surface area contributed by atoms with Crippen LogP contribution < -0.4 is 19.5 Å². The highest BCUT2D eigenvalue weighted by Gasteiger charge is 2.31. The van der Waals surface area contributed by atoms with Gasteiger partial charge in [0.1, 0.15) is 19.3 Å². The number of likely N-dealkylation sites (tertiary alicyclic amines) is 1. The van der Waals surface area contributed by atoms with E-state index in [0.717, 1.165) is 29.1 Å². The Hall–Kier alpha value is -3.52. The molecule has 10 heteroatoms. The maximum absolute atomic E-state index is 10.6. The highest BCUT2D eigenvalue weighted by atomic mass is 16.6. The van der Waals surface area contributed by atoms with Gasteiger partial charge in [0.2, 0.25) is 5.88 Å². The summed E-state index contributed by atoms with van der Waals surface area (Å²) in [5.41, 5.74) is 3.67. The van der Waals surface area contributed by atoms with Crippen molar-refractivity contribution in [1.82, 2.24) is 25.2 Å². The normalized spacial score (nSPS) is 19.6. The summed E-state index contributed by atoms with van der Waals surface area (Å²) in [6.45, 7) is 4.42. The van der Waals surface area contributed by atoms with Gasteiger partial charge in [-0.3, -0.25) is 9.97 Å². The minimum absolute atomic E-state index is 0.107. The van der Waals surface area contributed by atoms with Crippen LogP contribution in [-0.2, 0) is 13.0 Å². The molecule has 35 heavy (non-hydrogen) atoms. The summed E-state index contributed by atoms with van der Waals surface area (Å²) in [7, 11) is 1.57. The van der Waals surface area contributed by atoms with Gasteiger partial charge < -0.3 is 29.5 Å². The molecular formula is C25H28N6O4. The zero-order chi connectivity index (χ0) is 24.2. The van der Waals surface area contributed by atoms with Crippen molar-refractivity contribution in [3.63, 3.8) is 0 Å². The van der Waals surface area contributed by atoms with E-state index in [1.165, 1.54) is 0 Å². The van der Waals surface area contributed by atoms with E-state index in [-0.39, 0.29) is 5.92 Å². The van der Waals surface area contributed by atoms with Crippen molar-refractivity contribution in [3.8, 4) is 23.4 Å². The summed E-state index contributed by atoms with van der Waals surface area (Å²) in [5, 5.41) is 23.6. The average Bonchev–Trinajstić information content (AvgIpc) is 3.25. The number of hydrogen-bond acceptors (Lipinski definition) is 10. The number of ether oxygens (including phenoxy) is 3. The monoisotopic (exact) mass is 476 g/mol. The number of nitriles is 1. The molecule has 3 aromatic heterocycles. The van der Waals surface area contributed by atoms with Gasteiger partial charge in [0.25, 0.3) is 0 Å². The molecule has 2 unspecified atom stereocenters. The number of rotatable bonds is 8. The number of methoxy groups -OCH3 is 1. The van der Waals surface area contributed by atoms with Crippen molar-refractivity contribution in [2.24, 2.45) is 5.92 Å². The van der Waals surface area contributed by atoms with Crippen molar-refractivity contribution in [1.29, 1.82) is 5.26 Å². The maximum Gasteiger partial charge on any atom is 0.213 e. The predicted octanol–water partition coefficient (Wildman–Crippen LogP) is 1.30. The van der Waals surface area contributed by atoms with Gasteiger partial charge in [-0.25, -0.2) is 4.98 Å². The minimum atomic E-state index is -0.418. The van der Waals surface area contributed by atoms with E-state index < -0.39 is 6.10 Å². The smallest absolute Gasteiger partial charge is 0.213 e. The first-order chi connectivity index (χ1) is 17.1. The van der Waals surface area contributed by atoms with Crippen LogP contribution in [0.5, 0.6) is 17.4 Å². The van der Waals surface area contributed by atoms with Crippen LogP contribution in [0.25, 0.3) is 11.0 Å². The number of aliphatic hydroxyl groups excluding tert-OH is 1. The molecule has 0 amide bonds. The Morgan fingerprint density at radius 3 is 2.89 bits per heavy atom. The Labute approximate surface area is 203 Å². The number of nitrogens with one attached hydrogen (secondary N) is 1. The largest absolute Gasteiger partial charge is 0.486 e. The van der Waals surface area contributed by atoms with Crippen LogP contribution in [0.15, 0.2) is 30.6 Å². The molecule has 5 heterocycles. The Kier molecular flexibility index (Phi) is 6.90. The molecule has 2 aliphatic heterocycles. The molecule has 10 nitrogen and oxygen atoms in total. The second kappa shape index (κ2) is 10.4. The topological polar surface area (TPSA) is 126 Å². The molecule has 2 aliphatic rings. The van der Waals surface area contributed by atoms with E-state index >= 15 is 0 Å². The molecule has 0 spiro atoms. The lowest BCUT2D eigenvalue weighted by atomic mass is 10.0. The molecule has 1 saturated heterocycles. The van der Waals surface area contributed by atoms with Crippen LogP contribution in [-0.4, -0.2) is 77.6 Å². The third-order valence-corrected chi connectivity index (χ3v) is 6.48. The Bertz CT molecular complexity index is 1250. The number of nitrogens with zero attached hydrogens (tertiary/aromatic N) is 5. The van der Waals surface area contributed by atoms with Crippen LogP contribution >= 0.6 is 0 Å². The summed E-state index contributed by atoms with van der Waals surface area (Å²) in [5.74, 6) is 2.00. The van der Waals surface area contributed by atoms with Crippen LogP contribution in [0.1, 0.15) is 16.8 Å². The quantitative estimate of drug-likeness (QED) is 0.491. The minimum Gasteiger partial charge on any atom is -0.486 e. The van der Waals surface area contributed by atoms with Crippen LogP contribution in [0.2, 0.25) is 0 Å². The third-order valence-electron chi connectivity index (χ3n) is 6.48. The van der Waals surface area contributed by atoms with Gasteiger partial charge in [0, 0.05) is 62.5 Å². The van der Waals surface area contributed by atoms with E-state index in [0.29, 0.717) is 68.5 Å². The van der Waals surface area contributed by atoms with Gasteiger partial charge in [-0.1, -0.05) is 0 Å². The highest BCUT2D eigenvalue weighted by Crippen LogP contribution is 2.29. The van der Waals surface area contributed by atoms with Gasteiger partial charge in [0.15, 0.2) is 11.5 Å². The van der Waals surface area contributed by atoms with Crippen molar-refractivity contribution >= 4 is 11.0 Å². The summed E-state index contributed by atoms with van der Waals surface area (Å²) in [6, 6.07) is 7.75. The Morgan fingerprint density at radius 1 is 1.20 bits per heavy atom. The summed E-state index contributed by atoms with van der Waals surface area (Å²) >= 11 is 0. The fourth-order valence-corrected chi connectivity index (χ4v) is 4.63. The first kappa shape index (κ1) is 23.2. The fraction of sp³-hybridized carbons (Fsp3) is 0.440. The van der Waals surface area contributed by atoms with Gasteiger partial charge in [-0.2, -0.15) is 5.26 Å². The van der Waals surface area contributed by atoms with Crippen LogP contribution in [0, 0.1) is 17.2 Å². The Balaban J connectivity index is 1.17. The van der Waals surface area contributed by atoms with E-state index in [1.54, 1.807) is 25.6 Å². The van der Waals surface area contributed by atoms with E-state index in [9.17, 15) is 10.4 Å². The number of β-amino-alcohol motifs (C(OH)–C–C–N with tert-alkyl or cyclic N) is 1. The fourth-order valence-electron chi connectivity index (χ4n) is 4.63. The van der Waals surface area contributed by atoms with E-state index in [4.69, 9.17) is 14.2 Å². The van der Waals surface area contributed by atoms with Gasteiger partial charge in [-0.15, -0.1) is 0 Å². The van der Waals surface area contributed by atoms with Gasteiger partial charge in [-0.05, 0) is 12.5 Å². The molecule has 0 radical (unpaired) electrons. The maximum atomic E-state index is 10.6. The lowest BCUT2D eigenvalue weighted by Crippen LogP contribution is -2.30. The molecule has 0 saturated carbocycles. The van der Waals surface area contributed by atoms with E-state index in [2.05, 4.69) is 31.2 Å². The van der Waals surface area contributed by atoms with Crippen LogP contribution in [0.4, 0.5) is 0 Å². The molecule has 2 atom stereocenters. The molecule has 0 bridgehead atoms. The Morgan fingerprint density at radius 2 is 2.06 bits per heavy atom. The van der Waals surface area contributed by atoms with Gasteiger partial charge in [0.05, 0.1) is 41.7 Å². The molecule has 1 fully saturated rings. The number of fused-ring (bicyclic) bond motifs is 2. The van der Waals surface area contributed by atoms with Crippen LogP contribution in [0.3, 0.4) is 0 Å². The summed E-state index contributed by atoms with van der Waals surface area (Å²) < 4.78 is 16.4. The van der Waals surface area contributed by atoms with Crippen molar-refractivity contribution < 1.29 is 19.3 Å². The zero-order valence-electron chi connectivity index (χ0n) is 19.6. The first-order valence-corrected chi connectivity index (χ1v) is 11.7. The first-order valence-electron chi connectivity index (χ1n) is 11.7. The summed E-state index contributed by atoms with van der Waals surface area (Å²) in [4.78, 5) is 15.5. The van der Waals surface area contributed by atoms with Gasteiger partial charge >= 0.3 is 0 Å². The molecule has 0 aromatic carbocycles. The standard InChI is InChI=1S/C25H28N6O4/c1-33-24-3-2-20-25(30-24)19(16(9-26)11-29-20)4-5-31-14-17(21(32)15-31)10-27-12-18-8-22-23(13-28-18)35-7-6-34-22/h2-3,8,11,13,17,21,27,32H,4-7,10,12,14-15H2,1H3. The van der Waals surface area contributed by atoms with Crippen molar-refractivity contribution in [3.05, 3.63) is 47.4 Å². The molecule has 0 aliphatic carbocycles. The molecule has 2 N–H and O–H groups in total. The predicted molar refractivity (Wildman–Crippen MR) is 127 cm³/mol.